The summed E-state index contributed by atoms with van der Waals surface area (Å²) < 4.78 is 17.9. The molecule has 2 N–H and O–H groups in total. The Kier molecular flexibility index (Phi) is 3.41. The normalized spacial score (nSPS) is 9.86. The summed E-state index contributed by atoms with van der Waals surface area (Å²) in [4.78, 5) is 10.4. The van der Waals surface area contributed by atoms with Gasteiger partial charge in [-0.05, 0) is 18.2 Å². The topological polar surface area (TPSA) is 66.8 Å². The summed E-state index contributed by atoms with van der Waals surface area (Å²) in [5, 5.41) is 16.9. The van der Waals surface area contributed by atoms with Crippen LogP contribution < -0.4 is 4.74 Å². The van der Waals surface area contributed by atoms with Gasteiger partial charge in [-0.2, -0.15) is 0 Å². The van der Waals surface area contributed by atoms with Crippen molar-refractivity contribution in [3.63, 3.8) is 0 Å². The molecule has 0 bridgehead atoms. The van der Waals surface area contributed by atoms with E-state index in [0.717, 1.165) is 6.07 Å². The Morgan fingerprint density at radius 1 is 1.50 bits per heavy atom. The monoisotopic (exact) mass is 200 g/mol. The van der Waals surface area contributed by atoms with Gasteiger partial charge >= 0.3 is 5.97 Å². The van der Waals surface area contributed by atoms with Gasteiger partial charge in [-0.15, -0.1) is 0 Å². The molecule has 1 rings (SSSR count). The Balaban J connectivity index is 2.84. The maximum atomic E-state index is 13.1. The lowest BCUT2D eigenvalue weighted by Gasteiger charge is -2.05. The summed E-state index contributed by atoms with van der Waals surface area (Å²) in [6, 6.07) is 3.32. The van der Waals surface area contributed by atoms with Crippen molar-refractivity contribution in [2.45, 2.75) is 0 Å². The predicted octanol–water partition coefficient (Wildman–Crippen LogP) is 0.895. The number of carbonyl (C=O) groups is 1. The molecule has 0 amide bonds. The van der Waals surface area contributed by atoms with Crippen LogP contribution in [0.1, 0.15) is 10.4 Å². The van der Waals surface area contributed by atoms with E-state index in [1.165, 1.54) is 12.1 Å². The zero-order chi connectivity index (χ0) is 10.6. The zero-order valence-corrected chi connectivity index (χ0v) is 7.24. The fourth-order valence-electron chi connectivity index (χ4n) is 0.907. The molecule has 0 aliphatic rings. The van der Waals surface area contributed by atoms with Crippen molar-refractivity contribution in [1.82, 2.24) is 0 Å². The summed E-state index contributed by atoms with van der Waals surface area (Å²) >= 11 is 0. The molecule has 0 atom stereocenters. The lowest BCUT2D eigenvalue weighted by atomic mass is 10.2. The van der Waals surface area contributed by atoms with Gasteiger partial charge in [0.2, 0.25) is 0 Å². The Hall–Kier alpha value is -1.62. The molecule has 0 radical (unpaired) electrons. The first-order chi connectivity index (χ1) is 6.65. The number of ether oxygens (including phenoxy) is 1. The first kappa shape index (κ1) is 10.5. The Morgan fingerprint density at radius 3 is 2.71 bits per heavy atom. The Morgan fingerprint density at radius 2 is 2.21 bits per heavy atom. The van der Waals surface area contributed by atoms with Crippen LogP contribution in [-0.2, 0) is 0 Å². The predicted molar refractivity (Wildman–Crippen MR) is 45.9 cm³/mol. The average Bonchev–Trinajstić information content (AvgIpc) is 2.15. The van der Waals surface area contributed by atoms with Crippen molar-refractivity contribution >= 4 is 5.97 Å². The smallest absolute Gasteiger partial charge is 0.335 e. The van der Waals surface area contributed by atoms with Crippen molar-refractivity contribution in [1.29, 1.82) is 0 Å². The van der Waals surface area contributed by atoms with Gasteiger partial charge in [0.1, 0.15) is 6.61 Å². The molecule has 0 aromatic heterocycles. The molecule has 0 fully saturated rings. The number of hydrogen-bond acceptors (Lipinski definition) is 3. The molecular weight excluding hydrogens is 191 g/mol. The van der Waals surface area contributed by atoms with E-state index in [4.69, 9.17) is 14.9 Å². The molecule has 14 heavy (non-hydrogen) atoms. The second-order valence-electron chi connectivity index (χ2n) is 2.52. The molecule has 0 heterocycles. The van der Waals surface area contributed by atoms with Crippen LogP contribution in [0.25, 0.3) is 0 Å². The lowest BCUT2D eigenvalue weighted by molar-refractivity contribution is 0.0696. The summed E-state index contributed by atoms with van der Waals surface area (Å²) in [6.07, 6.45) is 0. The zero-order valence-electron chi connectivity index (χ0n) is 7.24. The third-order valence-corrected chi connectivity index (χ3v) is 1.53. The van der Waals surface area contributed by atoms with Crippen molar-refractivity contribution in [2.24, 2.45) is 0 Å². The molecule has 1 aromatic carbocycles. The number of aromatic carboxylic acids is 1. The molecule has 0 spiro atoms. The van der Waals surface area contributed by atoms with E-state index in [1.807, 2.05) is 0 Å². The highest BCUT2D eigenvalue weighted by molar-refractivity contribution is 5.87. The van der Waals surface area contributed by atoms with Gasteiger partial charge in [-0.25, -0.2) is 9.18 Å². The number of hydrogen-bond donors (Lipinski definition) is 2. The summed E-state index contributed by atoms with van der Waals surface area (Å²) in [5.74, 6) is -2.01. The quantitative estimate of drug-likeness (QED) is 0.757. The van der Waals surface area contributed by atoms with Gasteiger partial charge in [-0.3, -0.25) is 0 Å². The van der Waals surface area contributed by atoms with E-state index in [-0.39, 0.29) is 24.5 Å². The number of aliphatic hydroxyl groups is 1. The molecule has 0 aliphatic heterocycles. The van der Waals surface area contributed by atoms with E-state index in [0.29, 0.717) is 0 Å². The minimum absolute atomic E-state index is 0.0245. The molecule has 76 valence electrons. The van der Waals surface area contributed by atoms with E-state index in [9.17, 15) is 9.18 Å². The van der Waals surface area contributed by atoms with E-state index in [2.05, 4.69) is 0 Å². The highest BCUT2D eigenvalue weighted by Gasteiger charge is 2.08. The van der Waals surface area contributed by atoms with E-state index >= 15 is 0 Å². The van der Waals surface area contributed by atoms with Gasteiger partial charge in [0, 0.05) is 0 Å². The third-order valence-electron chi connectivity index (χ3n) is 1.53. The van der Waals surface area contributed by atoms with Gasteiger partial charge < -0.3 is 14.9 Å². The van der Waals surface area contributed by atoms with Crippen LogP contribution in [0.3, 0.4) is 0 Å². The molecule has 0 aliphatic carbocycles. The molecular formula is C9H9FO4. The summed E-state index contributed by atoms with van der Waals surface area (Å²) in [7, 11) is 0. The summed E-state index contributed by atoms with van der Waals surface area (Å²) in [5.41, 5.74) is -0.140. The second kappa shape index (κ2) is 4.57. The first-order valence-corrected chi connectivity index (χ1v) is 3.91. The fourth-order valence-corrected chi connectivity index (χ4v) is 0.907. The minimum atomic E-state index is -1.20. The number of carboxylic acids is 1. The Bertz CT molecular complexity index is 338. The van der Waals surface area contributed by atoms with Crippen LogP contribution in [0.15, 0.2) is 18.2 Å². The van der Waals surface area contributed by atoms with E-state index < -0.39 is 11.8 Å². The molecule has 0 saturated carbocycles. The van der Waals surface area contributed by atoms with Crippen LogP contribution >= 0.6 is 0 Å². The average molecular weight is 200 g/mol. The number of rotatable bonds is 4. The minimum Gasteiger partial charge on any atom is -0.488 e. The van der Waals surface area contributed by atoms with Gasteiger partial charge in [0.15, 0.2) is 11.6 Å². The molecule has 5 heteroatoms. The number of benzene rings is 1. The number of carboxylic acid groups (broad SMARTS) is 1. The molecule has 0 saturated heterocycles. The SMILES string of the molecule is O=C(O)c1ccc(OCCO)c(F)c1. The fraction of sp³-hybridized carbons (Fsp3) is 0.222. The van der Waals surface area contributed by atoms with Gasteiger partial charge in [0.25, 0.3) is 0 Å². The van der Waals surface area contributed by atoms with Crippen molar-refractivity contribution < 1.29 is 24.1 Å². The second-order valence-corrected chi connectivity index (χ2v) is 2.52. The van der Waals surface area contributed by atoms with Crippen molar-refractivity contribution in [2.75, 3.05) is 13.2 Å². The largest absolute Gasteiger partial charge is 0.488 e. The molecule has 1 aromatic rings. The lowest BCUT2D eigenvalue weighted by Crippen LogP contribution is -2.04. The molecule has 4 nitrogen and oxygen atoms in total. The maximum Gasteiger partial charge on any atom is 0.335 e. The maximum absolute atomic E-state index is 13.1. The summed E-state index contributed by atoms with van der Waals surface area (Å²) in [6.45, 7) is -0.247. The first-order valence-electron chi connectivity index (χ1n) is 3.91. The Labute approximate surface area is 79.6 Å². The highest BCUT2D eigenvalue weighted by atomic mass is 19.1. The van der Waals surface area contributed by atoms with Crippen LogP contribution in [0.5, 0.6) is 5.75 Å². The standard InChI is InChI=1S/C9H9FO4/c10-7-5-6(9(12)13)1-2-8(7)14-4-3-11/h1-2,5,11H,3-4H2,(H,12,13). The molecule has 0 unspecified atom stereocenters. The van der Waals surface area contributed by atoms with Crippen LogP contribution in [0.2, 0.25) is 0 Å². The van der Waals surface area contributed by atoms with Crippen molar-refractivity contribution in [3.05, 3.63) is 29.6 Å². The van der Waals surface area contributed by atoms with Crippen molar-refractivity contribution in [3.8, 4) is 5.75 Å². The van der Waals surface area contributed by atoms with Crippen LogP contribution in [-0.4, -0.2) is 29.4 Å². The third kappa shape index (κ3) is 2.43. The van der Waals surface area contributed by atoms with E-state index in [1.54, 1.807) is 0 Å². The van der Waals surface area contributed by atoms with Gasteiger partial charge in [0.05, 0.1) is 12.2 Å². The van der Waals surface area contributed by atoms with Crippen LogP contribution in [0, 0.1) is 5.82 Å². The number of halogens is 1. The number of aliphatic hydroxyl groups excluding tert-OH is 1. The highest BCUT2D eigenvalue weighted by Crippen LogP contribution is 2.18. The van der Waals surface area contributed by atoms with Gasteiger partial charge in [-0.1, -0.05) is 0 Å². The van der Waals surface area contributed by atoms with Crippen LogP contribution in [0.4, 0.5) is 4.39 Å².